The van der Waals surface area contributed by atoms with E-state index < -0.39 is 10.0 Å². The molecule has 19 heavy (non-hydrogen) atoms. The van der Waals surface area contributed by atoms with Crippen LogP contribution in [0.2, 0.25) is 0 Å². The van der Waals surface area contributed by atoms with Crippen molar-refractivity contribution in [2.24, 2.45) is 16.7 Å². The molecule has 0 aliphatic rings. The van der Waals surface area contributed by atoms with Crippen molar-refractivity contribution in [3.05, 3.63) is 0 Å². The topological polar surface area (TPSA) is 37.4 Å². The van der Waals surface area contributed by atoms with Crippen LogP contribution in [0, 0.1) is 16.7 Å². The van der Waals surface area contributed by atoms with Gasteiger partial charge < -0.3 is 0 Å². The summed E-state index contributed by atoms with van der Waals surface area (Å²) in [6.07, 6.45) is 1.30. The van der Waals surface area contributed by atoms with Crippen molar-refractivity contribution in [2.45, 2.75) is 67.9 Å². The summed E-state index contributed by atoms with van der Waals surface area (Å²) in [5.74, 6) is 0.409. The fourth-order valence-corrected chi connectivity index (χ4v) is 4.09. The molecule has 116 valence electrons. The molecule has 1 atom stereocenters. The first-order chi connectivity index (χ1) is 7.99. The Hall–Kier alpha value is -0.0900. The molecule has 0 N–H and O–H groups in total. The first-order valence-corrected chi connectivity index (χ1v) is 8.82. The number of rotatable bonds is 4. The summed E-state index contributed by atoms with van der Waals surface area (Å²) in [5, 5.41) is 0. The molecule has 0 heterocycles. The summed E-state index contributed by atoms with van der Waals surface area (Å²) in [5.41, 5.74) is -0.304. The van der Waals surface area contributed by atoms with E-state index >= 15 is 0 Å². The molecule has 0 radical (unpaired) electrons. The van der Waals surface area contributed by atoms with Gasteiger partial charge in [0.2, 0.25) is 10.0 Å². The maximum Gasteiger partial charge on any atom is 0.211 e. The van der Waals surface area contributed by atoms with Crippen molar-refractivity contribution in [3.63, 3.8) is 0 Å². The van der Waals surface area contributed by atoms with Crippen LogP contribution in [-0.2, 0) is 10.0 Å². The van der Waals surface area contributed by atoms with Gasteiger partial charge >= 0.3 is 0 Å². The second kappa shape index (κ2) is 5.36. The molecule has 0 saturated heterocycles. The van der Waals surface area contributed by atoms with Gasteiger partial charge in [-0.15, -0.1) is 0 Å². The molecule has 4 heteroatoms. The van der Waals surface area contributed by atoms with Crippen LogP contribution in [0.25, 0.3) is 0 Å². The highest BCUT2D eigenvalue weighted by Gasteiger charge is 2.40. The van der Waals surface area contributed by atoms with Crippen LogP contribution in [0.4, 0.5) is 0 Å². The summed E-state index contributed by atoms with van der Waals surface area (Å²) >= 11 is 0. The Bertz CT molecular complexity index is 397. The smallest absolute Gasteiger partial charge is 0.211 e. The fourth-order valence-electron chi connectivity index (χ4n) is 2.53. The first-order valence-electron chi connectivity index (χ1n) is 6.97. The standard InChI is InChI=1S/C15H33NO2S/c1-12(13(2,3)4)15(8,9)11-16(14(5,6)7)19(10,17)18/h12H,11H2,1-10H3. The Morgan fingerprint density at radius 1 is 0.947 bits per heavy atom. The van der Waals surface area contributed by atoms with Crippen molar-refractivity contribution in [1.82, 2.24) is 4.31 Å². The van der Waals surface area contributed by atoms with Gasteiger partial charge in [-0.2, -0.15) is 4.31 Å². The largest absolute Gasteiger partial charge is 0.212 e. The molecule has 0 rings (SSSR count). The average Bonchev–Trinajstić information content (AvgIpc) is 2.08. The van der Waals surface area contributed by atoms with Crippen molar-refractivity contribution >= 4 is 10.0 Å². The second-order valence-electron chi connectivity index (χ2n) is 8.52. The van der Waals surface area contributed by atoms with Gasteiger partial charge in [-0.1, -0.05) is 41.5 Å². The third-order valence-electron chi connectivity index (χ3n) is 4.17. The zero-order chi connectivity index (χ0) is 15.9. The second-order valence-corrected chi connectivity index (χ2v) is 10.4. The van der Waals surface area contributed by atoms with Crippen LogP contribution >= 0.6 is 0 Å². The zero-order valence-electron chi connectivity index (χ0n) is 14.5. The number of sulfonamides is 1. The third-order valence-corrected chi connectivity index (χ3v) is 5.65. The van der Waals surface area contributed by atoms with Crippen molar-refractivity contribution < 1.29 is 8.42 Å². The molecule has 0 fully saturated rings. The van der Waals surface area contributed by atoms with Gasteiger partial charge in [0, 0.05) is 12.1 Å². The van der Waals surface area contributed by atoms with Crippen molar-refractivity contribution in [3.8, 4) is 0 Å². The fraction of sp³-hybridized carbons (Fsp3) is 1.00. The predicted octanol–water partition coefficient (Wildman–Crippen LogP) is 3.75. The molecular formula is C15H33NO2S. The molecule has 0 aliphatic heterocycles. The van der Waals surface area contributed by atoms with Crippen LogP contribution in [0.3, 0.4) is 0 Å². The van der Waals surface area contributed by atoms with Gasteiger partial charge in [-0.05, 0) is 37.5 Å². The number of nitrogens with zero attached hydrogens (tertiary/aromatic N) is 1. The quantitative estimate of drug-likeness (QED) is 0.791. The van der Waals surface area contributed by atoms with Crippen molar-refractivity contribution in [2.75, 3.05) is 12.8 Å². The van der Waals surface area contributed by atoms with Crippen LogP contribution in [-0.4, -0.2) is 31.1 Å². The van der Waals surface area contributed by atoms with Gasteiger partial charge in [0.05, 0.1) is 6.26 Å². The molecule has 3 nitrogen and oxygen atoms in total. The normalized spacial score (nSPS) is 16.8. The lowest BCUT2D eigenvalue weighted by Crippen LogP contribution is -2.51. The van der Waals surface area contributed by atoms with Gasteiger partial charge in [-0.25, -0.2) is 8.42 Å². The monoisotopic (exact) mass is 291 g/mol. The van der Waals surface area contributed by atoms with Crippen LogP contribution in [0.15, 0.2) is 0 Å². The minimum absolute atomic E-state index is 0.0748. The molecule has 0 spiro atoms. The molecule has 0 aliphatic carbocycles. The van der Waals surface area contributed by atoms with E-state index in [1.54, 1.807) is 4.31 Å². The highest BCUT2D eigenvalue weighted by molar-refractivity contribution is 7.88. The highest BCUT2D eigenvalue weighted by Crippen LogP contribution is 2.41. The van der Waals surface area contributed by atoms with Gasteiger partial charge in [0.1, 0.15) is 0 Å². The average molecular weight is 292 g/mol. The Kier molecular flexibility index (Phi) is 5.33. The Morgan fingerprint density at radius 2 is 1.32 bits per heavy atom. The van der Waals surface area contributed by atoms with Crippen LogP contribution in [0.1, 0.15) is 62.3 Å². The summed E-state index contributed by atoms with van der Waals surface area (Å²) < 4.78 is 25.7. The minimum atomic E-state index is -3.20. The summed E-state index contributed by atoms with van der Waals surface area (Å²) in [6.45, 7) is 19.6. The summed E-state index contributed by atoms with van der Waals surface area (Å²) in [7, 11) is -3.20. The Morgan fingerprint density at radius 3 is 1.53 bits per heavy atom. The molecule has 0 aromatic rings. The first kappa shape index (κ1) is 18.9. The SMILES string of the molecule is CC(C(C)(C)C)C(C)(C)CN(C(C)(C)C)S(C)(=O)=O. The van der Waals surface area contributed by atoms with Crippen LogP contribution in [0.5, 0.6) is 0 Å². The van der Waals surface area contributed by atoms with E-state index in [1.165, 1.54) is 6.26 Å². The number of hydrogen-bond acceptors (Lipinski definition) is 2. The number of hydrogen-bond donors (Lipinski definition) is 0. The van der Waals surface area contributed by atoms with Gasteiger partial charge in [-0.3, -0.25) is 0 Å². The summed E-state index contributed by atoms with van der Waals surface area (Å²) in [4.78, 5) is 0. The lowest BCUT2D eigenvalue weighted by atomic mass is 9.66. The van der Waals surface area contributed by atoms with E-state index in [-0.39, 0.29) is 16.4 Å². The van der Waals surface area contributed by atoms with E-state index in [2.05, 4.69) is 41.5 Å². The van der Waals surface area contributed by atoms with E-state index in [4.69, 9.17) is 0 Å². The molecule has 0 aromatic carbocycles. The van der Waals surface area contributed by atoms with E-state index in [0.29, 0.717) is 12.5 Å². The Balaban J connectivity index is 5.39. The van der Waals surface area contributed by atoms with E-state index in [0.717, 1.165) is 0 Å². The maximum atomic E-state index is 12.1. The molecule has 0 saturated carbocycles. The van der Waals surface area contributed by atoms with Gasteiger partial charge in [0.15, 0.2) is 0 Å². The lowest BCUT2D eigenvalue weighted by molar-refractivity contribution is 0.0631. The lowest BCUT2D eigenvalue weighted by Gasteiger charge is -2.45. The van der Waals surface area contributed by atoms with Crippen molar-refractivity contribution in [1.29, 1.82) is 0 Å². The molecular weight excluding hydrogens is 258 g/mol. The molecule has 0 bridgehead atoms. The van der Waals surface area contributed by atoms with Gasteiger partial charge in [0.25, 0.3) is 0 Å². The predicted molar refractivity (Wildman–Crippen MR) is 83.7 cm³/mol. The van der Waals surface area contributed by atoms with Crippen LogP contribution < -0.4 is 0 Å². The maximum absolute atomic E-state index is 12.1. The zero-order valence-corrected chi connectivity index (χ0v) is 15.3. The third kappa shape index (κ3) is 5.42. The highest BCUT2D eigenvalue weighted by atomic mass is 32.2. The molecule has 0 amide bonds. The van der Waals surface area contributed by atoms with E-state index in [9.17, 15) is 8.42 Å². The van der Waals surface area contributed by atoms with E-state index in [1.807, 2.05) is 20.8 Å². The molecule has 1 unspecified atom stereocenters. The molecule has 0 aromatic heterocycles. The minimum Gasteiger partial charge on any atom is -0.212 e. The Labute approximate surface area is 120 Å². The summed E-state index contributed by atoms with van der Waals surface area (Å²) in [6, 6.07) is 0.